The van der Waals surface area contributed by atoms with E-state index in [1.165, 1.54) is 18.9 Å². The number of amides is 1. The van der Waals surface area contributed by atoms with Gasteiger partial charge in [0.25, 0.3) is 11.6 Å². The van der Waals surface area contributed by atoms with E-state index in [0.29, 0.717) is 16.9 Å². The van der Waals surface area contributed by atoms with Crippen LogP contribution >= 0.6 is 0 Å². The number of benzene rings is 2. The zero-order chi connectivity index (χ0) is 21.1. The molecular formula is C22H21N5O3. The number of aromatic nitrogens is 2. The van der Waals surface area contributed by atoms with Crippen LogP contribution in [0, 0.1) is 17.0 Å². The van der Waals surface area contributed by atoms with Gasteiger partial charge in [-0.25, -0.2) is 0 Å². The van der Waals surface area contributed by atoms with Crippen LogP contribution in [0.15, 0.2) is 54.6 Å². The molecule has 0 atom stereocenters. The van der Waals surface area contributed by atoms with Gasteiger partial charge in [-0.15, -0.1) is 10.2 Å². The number of aryl methyl sites for hydroxylation is 1. The predicted octanol–water partition coefficient (Wildman–Crippen LogP) is 4.21. The summed E-state index contributed by atoms with van der Waals surface area (Å²) in [4.78, 5) is 25.4. The SMILES string of the molecule is Cc1ccc(C(=O)Nc2cccc(-c3ccc(N4CCCC4)nn3)c2)cc1[N+](=O)[O-]. The molecule has 0 aliphatic carbocycles. The number of carbonyl (C=O) groups is 1. The van der Waals surface area contributed by atoms with Crippen molar-refractivity contribution < 1.29 is 9.72 Å². The molecule has 0 bridgehead atoms. The summed E-state index contributed by atoms with van der Waals surface area (Å²) < 4.78 is 0. The van der Waals surface area contributed by atoms with E-state index in [1.54, 1.807) is 31.2 Å². The second kappa shape index (κ2) is 8.28. The Morgan fingerprint density at radius 1 is 1.07 bits per heavy atom. The Kier molecular flexibility index (Phi) is 5.38. The molecule has 8 nitrogen and oxygen atoms in total. The van der Waals surface area contributed by atoms with Crippen molar-refractivity contribution >= 4 is 23.1 Å². The molecule has 0 unspecified atom stereocenters. The molecule has 30 heavy (non-hydrogen) atoms. The van der Waals surface area contributed by atoms with E-state index in [-0.39, 0.29) is 11.3 Å². The summed E-state index contributed by atoms with van der Waals surface area (Å²) in [6.07, 6.45) is 2.35. The fourth-order valence-electron chi connectivity index (χ4n) is 3.50. The van der Waals surface area contributed by atoms with Crippen LogP contribution in [0.3, 0.4) is 0 Å². The number of nitrogens with one attached hydrogen (secondary N) is 1. The minimum atomic E-state index is -0.489. The van der Waals surface area contributed by atoms with Gasteiger partial charge in [-0.2, -0.15) is 0 Å². The van der Waals surface area contributed by atoms with E-state index in [0.717, 1.165) is 24.5 Å². The van der Waals surface area contributed by atoms with Crippen LogP contribution in [0.5, 0.6) is 0 Å². The van der Waals surface area contributed by atoms with Crippen LogP contribution in [0.2, 0.25) is 0 Å². The van der Waals surface area contributed by atoms with E-state index in [4.69, 9.17) is 0 Å². The number of nitro groups is 1. The van der Waals surface area contributed by atoms with Gasteiger partial charge in [0.2, 0.25) is 0 Å². The molecule has 0 saturated carbocycles. The number of rotatable bonds is 5. The van der Waals surface area contributed by atoms with Crippen LogP contribution in [0.25, 0.3) is 11.3 Å². The summed E-state index contributed by atoms with van der Waals surface area (Å²) in [6, 6.07) is 15.6. The monoisotopic (exact) mass is 403 g/mol. The first kappa shape index (κ1) is 19.5. The number of anilines is 2. The maximum absolute atomic E-state index is 12.6. The Labute approximate surface area is 173 Å². The van der Waals surface area contributed by atoms with Crippen molar-refractivity contribution in [3.63, 3.8) is 0 Å². The third-order valence-electron chi connectivity index (χ3n) is 5.16. The lowest BCUT2D eigenvalue weighted by molar-refractivity contribution is -0.385. The smallest absolute Gasteiger partial charge is 0.273 e. The molecule has 2 heterocycles. The van der Waals surface area contributed by atoms with E-state index < -0.39 is 10.8 Å². The first-order valence-electron chi connectivity index (χ1n) is 9.77. The van der Waals surface area contributed by atoms with Gasteiger partial charge in [-0.1, -0.05) is 18.2 Å². The molecule has 1 aliphatic rings. The lowest BCUT2D eigenvalue weighted by Crippen LogP contribution is -2.19. The van der Waals surface area contributed by atoms with Gasteiger partial charge in [-0.05, 0) is 50.1 Å². The van der Waals surface area contributed by atoms with Crippen molar-refractivity contribution in [1.29, 1.82) is 0 Å². The number of nitrogens with zero attached hydrogens (tertiary/aromatic N) is 4. The zero-order valence-electron chi connectivity index (χ0n) is 16.5. The normalized spacial score (nSPS) is 13.3. The van der Waals surface area contributed by atoms with E-state index in [1.807, 2.05) is 24.3 Å². The highest BCUT2D eigenvalue weighted by atomic mass is 16.6. The van der Waals surface area contributed by atoms with E-state index in [9.17, 15) is 14.9 Å². The van der Waals surface area contributed by atoms with E-state index >= 15 is 0 Å². The lowest BCUT2D eigenvalue weighted by atomic mass is 10.1. The number of carbonyl (C=O) groups excluding carboxylic acids is 1. The summed E-state index contributed by atoms with van der Waals surface area (Å²) in [7, 11) is 0. The molecule has 1 aromatic heterocycles. The molecule has 3 aromatic rings. The molecule has 8 heteroatoms. The summed E-state index contributed by atoms with van der Waals surface area (Å²) >= 11 is 0. The highest BCUT2D eigenvalue weighted by Gasteiger charge is 2.16. The Hall–Kier alpha value is -3.81. The number of hydrogen-bond donors (Lipinski definition) is 1. The second-order valence-electron chi connectivity index (χ2n) is 7.26. The number of nitro benzene ring substituents is 1. The van der Waals surface area contributed by atoms with Crippen LogP contribution in [0.1, 0.15) is 28.8 Å². The van der Waals surface area contributed by atoms with Gasteiger partial charge in [-0.3, -0.25) is 14.9 Å². The minimum absolute atomic E-state index is 0.0789. The first-order chi connectivity index (χ1) is 14.5. The maximum Gasteiger partial charge on any atom is 0.273 e. The quantitative estimate of drug-likeness (QED) is 0.506. The van der Waals surface area contributed by atoms with Crippen molar-refractivity contribution in [3.8, 4) is 11.3 Å². The van der Waals surface area contributed by atoms with Crippen molar-refractivity contribution in [2.45, 2.75) is 19.8 Å². The third kappa shape index (κ3) is 4.12. The summed E-state index contributed by atoms with van der Waals surface area (Å²) in [5.74, 6) is 0.465. The van der Waals surface area contributed by atoms with Gasteiger partial charge in [0.15, 0.2) is 5.82 Å². The van der Waals surface area contributed by atoms with Gasteiger partial charge >= 0.3 is 0 Å². The van der Waals surface area contributed by atoms with Gasteiger partial charge in [0.1, 0.15) is 0 Å². The summed E-state index contributed by atoms with van der Waals surface area (Å²) in [6.45, 7) is 3.65. The molecule has 4 rings (SSSR count). The van der Waals surface area contributed by atoms with Crippen LogP contribution < -0.4 is 10.2 Å². The Bertz CT molecular complexity index is 1090. The summed E-state index contributed by atoms with van der Waals surface area (Å²) in [5, 5.41) is 22.6. The second-order valence-corrected chi connectivity index (χ2v) is 7.26. The average molecular weight is 403 g/mol. The molecule has 0 spiro atoms. The average Bonchev–Trinajstić information content (AvgIpc) is 3.29. The highest BCUT2D eigenvalue weighted by molar-refractivity contribution is 6.05. The Morgan fingerprint density at radius 2 is 1.87 bits per heavy atom. The highest BCUT2D eigenvalue weighted by Crippen LogP contribution is 2.24. The largest absolute Gasteiger partial charge is 0.355 e. The first-order valence-corrected chi connectivity index (χ1v) is 9.77. The van der Waals surface area contributed by atoms with Gasteiger partial charge < -0.3 is 10.2 Å². The molecule has 1 fully saturated rings. The van der Waals surface area contributed by atoms with Crippen molar-refractivity contribution in [2.75, 3.05) is 23.3 Å². The molecule has 1 aliphatic heterocycles. The molecule has 0 radical (unpaired) electrons. The van der Waals surface area contributed by atoms with Gasteiger partial charge in [0.05, 0.1) is 10.6 Å². The topological polar surface area (TPSA) is 101 Å². The molecule has 1 N–H and O–H groups in total. The predicted molar refractivity (Wildman–Crippen MR) is 115 cm³/mol. The Morgan fingerprint density at radius 3 is 2.57 bits per heavy atom. The molecule has 2 aromatic carbocycles. The van der Waals surface area contributed by atoms with Gasteiger partial charge in [0, 0.05) is 41.5 Å². The van der Waals surface area contributed by atoms with Crippen molar-refractivity contribution in [1.82, 2.24) is 10.2 Å². The summed E-state index contributed by atoms with van der Waals surface area (Å²) in [5.41, 5.74) is 2.76. The maximum atomic E-state index is 12.6. The van der Waals surface area contributed by atoms with Crippen LogP contribution in [-0.4, -0.2) is 34.1 Å². The van der Waals surface area contributed by atoms with Crippen molar-refractivity contribution in [3.05, 3.63) is 75.8 Å². The standard InChI is InChI=1S/C22H21N5O3/c1-15-7-8-17(14-20(15)27(29)30)22(28)23-18-6-4-5-16(13-18)19-9-10-21(25-24-19)26-11-2-3-12-26/h4-10,13-14H,2-3,11-12H2,1H3,(H,23,28). The van der Waals surface area contributed by atoms with Crippen LogP contribution in [-0.2, 0) is 0 Å². The van der Waals surface area contributed by atoms with Crippen molar-refractivity contribution in [2.24, 2.45) is 0 Å². The Balaban J connectivity index is 1.51. The number of hydrogen-bond acceptors (Lipinski definition) is 6. The fraction of sp³-hybridized carbons (Fsp3) is 0.227. The lowest BCUT2D eigenvalue weighted by Gasteiger charge is -2.15. The van der Waals surface area contributed by atoms with E-state index in [2.05, 4.69) is 20.4 Å². The minimum Gasteiger partial charge on any atom is -0.355 e. The molecule has 1 saturated heterocycles. The third-order valence-corrected chi connectivity index (χ3v) is 5.16. The van der Waals surface area contributed by atoms with Crippen LogP contribution in [0.4, 0.5) is 17.2 Å². The fourth-order valence-corrected chi connectivity index (χ4v) is 3.50. The zero-order valence-corrected chi connectivity index (χ0v) is 16.5. The molecule has 1 amide bonds. The molecular weight excluding hydrogens is 382 g/mol. The molecule has 152 valence electrons.